The summed E-state index contributed by atoms with van der Waals surface area (Å²) in [7, 11) is 2.06. The fourth-order valence-electron chi connectivity index (χ4n) is 7.16. The number of likely N-dealkylation sites (N-methyl/N-ethyl adjacent to an activating group) is 1. The number of carbonyl (C=O) groups excluding carboxylic acids is 4. The van der Waals surface area contributed by atoms with E-state index in [9.17, 15) is 24.3 Å². The molecule has 3 fully saturated rings. The van der Waals surface area contributed by atoms with Crippen LogP contribution in [-0.2, 0) is 22.6 Å². The Hall–Kier alpha value is -3.36. The van der Waals surface area contributed by atoms with Crippen molar-refractivity contribution in [3.05, 3.63) is 56.5 Å². The Balaban J connectivity index is 1.08. The molecule has 4 heterocycles. The van der Waals surface area contributed by atoms with E-state index in [2.05, 4.69) is 54.4 Å². The minimum Gasteiger partial charge on any atom is -0.506 e. The SMILES string of the molecule is CN1CCN(C(=O)C2CCN(C(=O)[C@@H](Cc3cc(Br)c(O)c(Br)c3)NC(=O)N3CCC(N4Cc5ccccc5NC4=O)CC3)CC2)CC1. The molecule has 6 amide bonds. The summed E-state index contributed by atoms with van der Waals surface area (Å²) >= 11 is 6.76. The average Bonchev–Trinajstić information content (AvgIpc) is 3.10. The third-order valence-corrected chi connectivity index (χ3v) is 11.3. The van der Waals surface area contributed by atoms with Crippen LogP contribution in [0.25, 0.3) is 0 Å². The third-order valence-electron chi connectivity index (χ3n) is 10.1. The maximum atomic E-state index is 14.0. The van der Waals surface area contributed by atoms with Gasteiger partial charge in [0, 0.05) is 83.0 Å². The van der Waals surface area contributed by atoms with E-state index in [1.807, 2.05) is 34.1 Å². The molecule has 3 saturated heterocycles. The van der Waals surface area contributed by atoms with Crippen LogP contribution < -0.4 is 10.6 Å². The van der Waals surface area contributed by atoms with Gasteiger partial charge in [0.1, 0.15) is 11.8 Å². The van der Waals surface area contributed by atoms with Crippen LogP contribution in [0.1, 0.15) is 36.8 Å². The number of amides is 6. The van der Waals surface area contributed by atoms with Crippen molar-refractivity contribution in [3.63, 3.8) is 0 Å². The van der Waals surface area contributed by atoms with Crippen molar-refractivity contribution < 1.29 is 24.3 Å². The molecule has 258 valence electrons. The highest BCUT2D eigenvalue weighted by molar-refractivity contribution is 9.11. The Morgan fingerprint density at radius 1 is 0.896 bits per heavy atom. The Labute approximate surface area is 298 Å². The molecule has 1 atom stereocenters. The van der Waals surface area contributed by atoms with Gasteiger partial charge in [-0.2, -0.15) is 0 Å². The highest BCUT2D eigenvalue weighted by Crippen LogP contribution is 2.34. The summed E-state index contributed by atoms with van der Waals surface area (Å²) in [6.07, 6.45) is 2.68. The summed E-state index contributed by atoms with van der Waals surface area (Å²) in [5.41, 5.74) is 2.67. The number of hydrogen-bond acceptors (Lipinski definition) is 6. The zero-order valence-corrected chi connectivity index (χ0v) is 30.3. The minimum atomic E-state index is -0.840. The lowest BCUT2D eigenvalue weighted by Gasteiger charge is -2.41. The number of rotatable bonds is 6. The number of para-hydroxylation sites is 1. The number of aromatic hydroxyl groups is 1. The number of likely N-dealkylation sites (tertiary alicyclic amines) is 2. The lowest BCUT2D eigenvalue weighted by molar-refractivity contribution is -0.142. The molecular formula is C34H43Br2N7O5. The van der Waals surface area contributed by atoms with Crippen molar-refractivity contribution in [2.75, 3.05) is 64.7 Å². The van der Waals surface area contributed by atoms with E-state index in [0.717, 1.165) is 43.0 Å². The second-order valence-corrected chi connectivity index (χ2v) is 15.0. The van der Waals surface area contributed by atoms with E-state index in [4.69, 9.17) is 0 Å². The zero-order chi connectivity index (χ0) is 33.9. The van der Waals surface area contributed by atoms with Crippen LogP contribution in [0.3, 0.4) is 0 Å². The van der Waals surface area contributed by atoms with Gasteiger partial charge in [0.05, 0.1) is 8.95 Å². The van der Waals surface area contributed by atoms with Gasteiger partial charge in [-0.15, -0.1) is 0 Å². The number of benzene rings is 2. The van der Waals surface area contributed by atoms with Gasteiger partial charge in [0.2, 0.25) is 11.8 Å². The van der Waals surface area contributed by atoms with Crippen molar-refractivity contribution >= 4 is 61.4 Å². The average molecular weight is 790 g/mol. The first-order valence-corrected chi connectivity index (χ1v) is 18.3. The number of phenolic OH excluding ortho intramolecular Hbond substituents is 1. The number of phenols is 1. The molecule has 4 aliphatic rings. The largest absolute Gasteiger partial charge is 0.506 e. The van der Waals surface area contributed by atoms with Crippen molar-refractivity contribution in [3.8, 4) is 5.75 Å². The number of carbonyl (C=O) groups is 4. The summed E-state index contributed by atoms with van der Waals surface area (Å²) in [5, 5.41) is 16.2. The fraction of sp³-hybridized carbons (Fsp3) is 0.529. The number of urea groups is 2. The van der Waals surface area contributed by atoms with Gasteiger partial charge < -0.3 is 40.2 Å². The molecule has 0 aromatic heterocycles. The summed E-state index contributed by atoms with van der Waals surface area (Å²) in [6.45, 7) is 5.55. The van der Waals surface area contributed by atoms with Gasteiger partial charge in [-0.1, -0.05) is 18.2 Å². The van der Waals surface area contributed by atoms with Gasteiger partial charge in [0.15, 0.2) is 0 Å². The summed E-state index contributed by atoms with van der Waals surface area (Å²) in [5.74, 6) is -0.0565. The topological polar surface area (TPSA) is 129 Å². The summed E-state index contributed by atoms with van der Waals surface area (Å²) in [4.78, 5) is 63.3. The first kappa shape index (κ1) is 34.5. The molecule has 0 spiro atoms. The van der Waals surface area contributed by atoms with Crippen LogP contribution in [-0.4, -0.2) is 125 Å². The van der Waals surface area contributed by atoms with Gasteiger partial charge in [-0.25, -0.2) is 9.59 Å². The first-order chi connectivity index (χ1) is 23.1. The van der Waals surface area contributed by atoms with Crippen LogP contribution in [0.15, 0.2) is 45.3 Å². The van der Waals surface area contributed by atoms with Gasteiger partial charge in [-0.3, -0.25) is 9.59 Å². The van der Waals surface area contributed by atoms with E-state index >= 15 is 0 Å². The molecule has 2 aromatic rings. The molecule has 0 saturated carbocycles. The van der Waals surface area contributed by atoms with Crippen LogP contribution >= 0.6 is 31.9 Å². The van der Waals surface area contributed by atoms with Crippen LogP contribution in [0.4, 0.5) is 15.3 Å². The Kier molecular flexibility index (Phi) is 10.8. The summed E-state index contributed by atoms with van der Waals surface area (Å²) < 4.78 is 0.971. The van der Waals surface area contributed by atoms with E-state index in [0.29, 0.717) is 67.4 Å². The second kappa shape index (κ2) is 15.0. The van der Waals surface area contributed by atoms with Crippen molar-refractivity contribution in [1.29, 1.82) is 0 Å². The Morgan fingerprint density at radius 2 is 1.52 bits per heavy atom. The van der Waals surface area contributed by atoms with E-state index in [-0.39, 0.29) is 48.0 Å². The molecule has 12 nitrogen and oxygen atoms in total. The highest BCUT2D eigenvalue weighted by atomic mass is 79.9. The maximum absolute atomic E-state index is 14.0. The second-order valence-electron chi connectivity index (χ2n) is 13.3. The molecule has 0 radical (unpaired) electrons. The third kappa shape index (κ3) is 7.76. The normalized spacial score (nSPS) is 20.3. The Bertz CT molecular complexity index is 1510. The summed E-state index contributed by atoms with van der Waals surface area (Å²) in [6, 6.07) is 10.0. The fourth-order valence-corrected chi connectivity index (χ4v) is 8.44. The standard InChI is InChI=1S/C34H43Br2N7O5/c1-39-14-16-41(17-15-39)31(45)23-6-10-40(11-7-23)32(46)29(20-22-18-26(35)30(44)27(36)19-22)38-33(47)42-12-8-25(9-13-42)43-21-24-4-2-3-5-28(24)37-34(43)48/h2-5,18-19,23,25,29,44H,6-17,20-21H2,1H3,(H,37,48)(H,38,47)/t29-/m1/s1. The molecule has 6 rings (SSSR count). The number of halogens is 2. The smallest absolute Gasteiger partial charge is 0.322 e. The molecule has 0 bridgehead atoms. The molecule has 0 unspecified atom stereocenters. The highest BCUT2D eigenvalue weighted by Gasteiger charge is 2.36. The van der Waals surface area contributed by atoms with Gasteiger partial charge >= 0.3 is 12.1 Å². The number of nitrogens with one attached hydrogen (secondary N) is 2. The molecule has 14 heteroatoms. The van der Waals surface area contributed by atoms with Crippen LogP contribution in [0.2, 0.25) is 0 Å². The Morgan fingerprint density at radius 3 is 2.19 bits per heavy atom. The number of nitrogens with zero attached hydrogens (tertiary/aromatic N) is 5. The van der Waals surface area contributed by atoms with Crippen LogP contribution in [0.5, 0.6) is 5.75 Å². The number of piperazine rings is 1. The van der Waals surface area contributed by atoms with Crippen molar-refractivity contribution in [2.45, 2.75) is 50.7 Å². The number of hydrogen-bond donors (Lipinski definition) is 3. The number of piperidine rings is 2. The monoisotopic (exact) mass is 787 g/mol. The van der Waals surface area contributed by atoms with Gasteiger partial charge in [-0.05, 0) is 93.9 Å². The predicted molar refractivity (Wildman–Crippen MR) is 189 cm³/mol. The van der Waals surface area contributed by atoms with Gasteiger partial charge in [0.25, 0.3) is 0 Å². The zero-order valence-electron chi connectivity index (χ0n) is 27.2. The van der Waals surface area contributed by atoms with Crippen molar-refractivity contribution in [1.82, 2.24) is 29.8 Å². The number of fused-ring (bicyclic) bond motifs is 1. The molecule has 4 aliphatic heterocycles. The quantitative estimate of drug-likeness (QED) is 0.406. The lowest BCUT2D eigenvalue weighted by atomic mass is 9.94. The molecule has 0 aliphatic carbocycles. The van der Waals surface area contributed by atoms with E-state index in [1.165, 1.54) is 0 Å². The van der Waals surface area contributed by atoms with E-state index < -0.39 is 6.04 Å². The molecule has 48 heavy (non-hydrogen) atoms. The predicted octanol–water partition coefficient (Wildman–Crippen LogP) is 4.06. The van der Waals surface area contributed by atoms with Crippen LogP contribution in [0, 0.1) is 5.92 Å². The molecular weight excluding hydrogens is 746 g/mol. The number of anilines is 1. The first-order valence-electron chi connectivity index (χ1n) is 16.7. The molecule has 2 aromatic carbocycles. The molecule has 3 N–H and O–H groups in total. The maximum Gasteiger partial charge on any atom is 0.322 e. The lowest BCUT2D eigenvalue weighted by Crippen LogP contribution is -2.57. The van der Waals surface area contributed by atoms with Crippen molar-refractivity contribution in [2.24, 2.45) is 5.92 Å². The van der Waals surface area contributed by atoms with E-state index in [1.54, 1.807) is 21.9 Å². The minimum absolute atomic E-state index is 0.00128.